The van der Waals surface area contributed by atoms with Gasteiger partial charge < -0.3 is 10.2 Å². The van der Waals surface area contributed by atoms with Gasteiger partial charge in [-0.25, -0.2) is 0 Å². The average molecular weight is 212 g/mol. The minimum atomic E-state index is 0.742. The Balaban J connectivity index is 2.35. The van der Waals surface area contributed by atoms with Gasteiger partial charge in [0.15, 0.2) is 0 Å². The van der Waals surface area contributed by atoms with Crippen molar-refractivity contribution in [2.24, 2.45) is 5.92 Å². The highest BCUT2D eigenvalue weighted by Crippen LogP contribution is 2.17. The van der Waals surface area contributed by atoms with E-state index in [-0.39, 0.29) is 0 Å². The van der Waals surface area contributed by atoms with Crippen LogP contribution in [-0.4, -0.2) is 37.1 Å². The summed E-state index contributed by atoms with van der Waals surface area (Å²) in [7, 11) is 2.23. The molecule has 0 radical (unpaired) electrons. The zero-order valence-corrected chi connectivity index (χ0v) is 10.9. The molecule has 1 N–H and O–H groups in total. The first-order valence-electron chi connectivity index (χ1n) is 6.61. The van der Waals surface area contributed by atoms with Crippen molar-refractivity contribution in [3.63, 3.8) is 0 Å². The van der Waals surface area contributed by atoms with E-state index in [0.717, 1.165) is 18.0 Å². The third-order valence-corrected chi connectivity index (χ3v) is 3.69. The number of nitrogens with zero attached hydrogens (tertiary/aromatic N) is 1. The normalized spacial score (nSPS) is 30.4. The molecular formula is C13H28N2. The number of nitrogens with one attached hydrogen (secondary N) is 1. The zero-order chi connectivity index (χ0) is 11.3. The topological polar surface area (TPSA) is 15.3 Å². The summed E-state index contributed by atoms with van der Waals surface area (Å²) in [6.07, 6.45) is 5.22. The molecule has 1 aliphatic rings. The van der Waals surface area contributed by atoms with E-state index in [1.165, 1.54) is 38.8 Å². The summed E-state index contributed by atoms with van der Waals surface area (Å²) in [5, 5.41) is 3.85. The van der Waals surface area contributed by atoms with E-state index in [4.69, 9.17) is 0 Å². The number of likely N-dealkylation sites (tertiary alicyclic amines) is 1. The summed E-state index contributed by atoms with van der Waals surface area (Å²) in [5.74, 6) is 0.801. The average Bonchev–Trinajstić information content (AvgIpc) is 2.21. The second kappa shape index (κ2) is 6.49. The summed E-state index contributed by atoms with van der Waals surface area (Å²) in [5.41, 5.74) is 0. The van der Waals surface area contributed by atoms with Gasteiger partial charge in [0.25, 0.3) is 0 Å². The Morgan fingerprint density at radius 3 is 2.67 bits per heavy atom. The van der Waals surface area contributed by atoms with Crippen LogP contribution in [0.15, 0.2) is 0 Å². The minimum absolute atomic E-state index is 0.742. The van der Waals surface area contributed by atoms with Gasteiger partial charge in [-0.15, -0.1) is 0 Å². The van der Waals surface area contributed by atoms with Crippen LogP contribution in [0.25, 0.3) is 0 Å². The fraction of sp³-hybridized carbons (Fsp3) is 1.00. The van der Waals surface area contributed by atoms with Crippen LogP contribution in [0.5, 0.6) is 0 Å². The van der Waals surface area contributed by atoms with E-state index in [2.05, 4.69) is 38.0 Å². The molecule has 1 saturated heterocycles. The molecule has 0 amide bonds. The summed E-state index contributed by atoms with van der Waals surface area (Å²) >= 11 is 0. The largest absolute Gasteiger partial charge is 0.311 e. The van der Waals surface area contributed by atoms with Crippen molar-refractivity contribution in [3.05, 3.63) is 0 Å². The molecule has 0 bridgehead atoms. The van der Waals surface area contributed by atoms with Gasteiger partial charge in [-0.2, -0.15) is 0 Å². The van der Waals surface area contributed by atoms with Crippen molar-refractivity contribution in [2.75, 3.05) is 20.1 Å². The lowest BCUT2D eigenvalue weighted by Gasteiger charge is -2.37. The number of piperidine rings is 1. The van der Waals surface area contributed by atoms with Crippen LogP contribution in [0.4, 0.5) is 0 Å². The molecule has 3 atom stereocenters. The maximum absolute atomic E-state index is 3.85. The molecule has 90 valence electrons. The van der Waals surface area contributed by atoms with Crippen molar-refractivity contribution in [2.45, 2.75) is 58.5 Å². The van der Waals surface area contributed by atoms with Crippen LogP contribution in [0.1, 0.15) is 46.5 Å². The van der Waals surface area contributed by atoms with Crippen LogP contribution in [-0.2, 0) is 0 Å². The van der Waals surface area contributed by atoms with Gasteiger partial charge in [0, 0.05) is 18.6 Å². The Hall–Kier alpha value is -0.0800. The van der Waals surface area contributed by atoms with E-state index < -0.39 is 0 Å². The molecule has 0 aromatic rings. The van der Waals surface area contributed by atoms with Crippen LogP contribution in [0.3, 0.4) is 0 Å². The fourth-order valence-corrected chi connectivity index (χ4v) is 2.66. The standard InChI is InChI=1S/C13H28N2/c1-5-7-12(6-2)14-13-8-9-15(4)10-11(13)3/h11-14H,5-10H2,1-4H3. The first kappa shape index (κ1) is 13.0. The first-order chi connectivity index (χ1) is 7.17. The number of hydrogen-bond donors (Lipinski definition) is 1. The molecule has 0 aliphatic carbocycles. The lowest BCUT2D eigenvalue weighted by atomic mass is 9.92. The molecule has 2 nitrogen and oxygen atoms in total. The number of hydrogen-bond acceptors (Lipinski definition) is 2. The smallest absolute Gasteiger partial charge is 0.0120 e. The maximum Gasteiger partial charge on any atom is 0.0120 e. The quantitative estimate of drug-likeness (QED) is 0.753. The zero-order valence-electron chi connectivity index (χ0n) is 10.9. The van der Waals surface area contributed by atoms with E-state index in [1.54, 1.807) is 0 Å². The molecule has 1 rings (SSSR count). The highest BCUT2D eigenvalue weighted by atomic mass is 15.1. The van der Waals surface area contributed by atoms with Gasteiger partial charge >= 0.3 is 0 Å². The number of rotatable bonds is 5. The molecule has 0 spiro atoms. The lowest BCUT2D eigenvalue weighted by Crippen LogP contribution is -2.50. The van der Waals surface area contributed by atoms with Crippen LogP contribution >= 0.6 is 0 Å². The lowest BCUT2D eigenvalue weighted by molar-refractivity contribution is 0.163. The molecule has 1 heterocycles. The maximum atomic E-state index is 3.85. The van der Waals surface area contributed by atoms with Gasteiger partial charge in [-0.1, -0.05) is 27.2 Å². The van der Waals surface area contributed by atoms with Crippen molar-refractivity contribution >= 4 is 0 Å². The Bertz CT molecular complexity index is 170. The minimum Gasteiger partial charge on any atom is -0.311 e. The predicted octanol–water partition coefficient (Wildman–Crippen LogP) is 2.49. The Kier molecular flexibility index (Phi) is 5.62. The molecule has 2 heteroatoms. The Morgan fingerprint density at radius 2 is 2.13 bits per heavy atom. The molecule has 0 aromatic carbocycles. The van der Waals surface area contributed by atoms with Crippen molar-refractivity contribution in [3.8, 4) is 0 Å². The van der Waals surface area contributed by atoms with Crippen molar-refractivity contribution in [1.82, 2.24) is 10.2 Å². The third kappa shape index (κ3) is 4.12. The van der Waals surface area contributed by atoms with E-state index in [0.29, 0.717) is 0 Å². The monoisotopic (exact) mass is 212 g/mol. The van der Waals surface area contributed by atoms with Crippen molar-refractivity contribution in [1.29, 1.82) is 0 Å². The van der Waals surface area contributed by atoms with E-state index in [1.807, 2.05) is 0 Å². The molecule has 1 aliphatic heterocycles. The third-order valence-electron chi connectivity index (χ3n) is 3.69. The van der Waals surface area contributed by atoms with E-state index in [9.17, 15) is 0 Å². The van der Waals surface area contributed by atoms with Gasteiger partial charge in [-0.05, 0) is 38.8 Å². The Morgan fingerprint density at radius 1 is 1.40 bits per heavy atom. The van der Waals surface area contributed by atoms with Gasteiger partial charge in [0.1, 0.15) is 0 Å². The Labute approximate surface area is 95.4 Å². The predicted molar refractivity (Wildman–Crippen MR) is 67.2 cm³/mol. The van der Waals surface area contributed by atoms with Gasteiger partial charge in [0.2, 0.25) is 0 Å². The SMILES string of the molecule is CCCC(CC)NC1CCN(C)CC1C. The fourth-order valence-electron chi connectivity index (χ4n) is 2.66. The van der Waals surface area contributed by atoms with Gasteiger partial charge in [-0.3, -0.25) is 0 Å². The summed E-state index contributed by atoms with van der Waals surface area (Å²) in [4.78, 5) is 2.45. The second-order valence-corrected chi connectivity index (χ2v) is 5.20. The van der Waals surface area contributed by atoms with Crippen LogP contribution in [0, 0.1) is 5.92 Å². The van der Waals surface area contributed by atoms with Crippen LogP contribution in [0.2, 0.25) is 0 Å². The molecule has 1 fully saturated rings. The summed E-state index contributed by atoms with van der Waals surface area (Å²) < 4.78 is 0. The van der Waals surface area contributed by atoms with E-state index >= 15 is 0 Å². The molecule has 0 aromatic heterocycles. The highest BCUT2D eigenvalue weighted by Gasteiger charge is 2.25. The second-order valence-electron chi connectivity index (χ2n) is 5.20. The summed E-state index contributed by atoms with van der Waals surface area (Å²) in [6, 6.07) is 1.49. The molecular weight excluding hydrogens is 184 g/mol. The first-order valence-corrected chi connectivity index (χ1v) is 6.61. The molecule has 15 heavy (non-hydrogen) atoms. The van der Waals surface area contributed by atoms with Crippen molar-refractivity contribution < 1.29 is 0 Å². The molecule has 0 saturated carbocycles. The van der Waals surface area contributed by atoms with Gasteiger partial charge in [0.05, 0.1) is 0 Å². The van der Waals surface area contributed by atoms with Crippen LogP contribution < -0.4 is 5.32 Å². The molecule has 3 unspecified atom stereocenters. The highest BCUT2D eigenvalue weighted by molar-refractivity contribution is 4.83. The summed E-state index contributed by atoms with van der Waals surface area (Å²) in [6.45, 7) is 9.46.